The summed E-state index contributed by atoms with van der Waals surface area (Å²) in [5, 5.41) is 0. The van der Waals surface area contributed by atoms with Gasteiger partial charge < -0.3 is 19.3 Å². The maximum absolute atomic E-state index is 13.5. The second-order valence-corrected chi connectivity index (χ2v) is 8.71. The van der Waals surface area contributed by atoms with E-state index in [0.717, 1.165) is 30.6 Å². The molecule has 0 aliphatic carbocycles. The van der Waals surface area contributed by atoms with Crippen molar-refractivity contribution in [2.75, 3.05) is 39.9 Å². The standard InChI is InChI=1S/C26H32N2O4/c1-27-15-17-31-23-13-6-5-11-22(23)12-7-8-14-26(25(27)30)20-28(16-18-32-26)24(29)19-21-9-3-2-4-10-21/h2-6,9-11,13H,7-8,12,14-20H2,1H3. The number of morpholine rings is 1. The number of benzene rings is 2. The highest BCUT2D eigenvalue weighted by Crippen LogP contribution is 2.29. The van der Waals surface area contributed by atoms with Crippen molar-refractivity contribution >= 4 is 11.8 Å². The van der Waals surface area contributed by atoms with Gasteiger partial charge in [-0.1, -0.05) is 48.5 Å². The summed E-state index contributed by atoms with van der Waals surface area (Å²) in [5.41, 5.74) is 1.19. The zero-order valence-electron chi connectivity index (χ0n) is 18.8. The molecule has 4 rings (SSSR count). The summed E-state index contributed by atoms with van der Waals surface area (Å²) in [6.45, 7) is 2.09. The van der Waals surface area contributed by atoms with Crippen LogP contribution in [0.2, 0.25) is 0 Å². The van der Waals surface area contributed by atoms with Gasteiger partial charge in [-0.25, -0.2) is 0 Å². The van der Waals surface area contributed by atoms with E-state index in [2.05, 4.69) is 6.07 Å². The summed E-state index contributed by atoms with van der Waals surface area (Å²) in [4.78, 5) is 30.0. The first kappa shape index (κ1) is 22.3. The molecule has 6 nitrogen and oxygen atoms in total. The van der Waals surface area contributed by atoms with E-state index in [1.807, 2.05) is 48.5 Å². The van der Waals surface area contributed by atoms with E-state index >= 15 is 0 Å². The highest BCUT2D eigenvalue weighted by molar-refractivity contribution is 5.87. The number of nitrogens with zero attached hydrogens (tertiary/aromatic N) is 2. The molecule has 6 heteroatoms. The average molecular weight is 437 g/mol. The van der Waals surface area contributed by atoms with Crippen molar-refractivity contribution < 1.29 is 19.1 Å². The Hall–Kier alpha value is -2.86. The van der Waals surface area contributed by atoms with Crippen LogP contribution in [0.4, 0.5) is 0 Å². The van der Waals surface area contributed by atoms with Crippen molar-refractivity contribution in [2.24, 2.45) is 0 Å². The number of likely N-dealkylation sites (N-methyl/N-ethyl adjacent to an activating group) is 1. The maximum Gasteiger partial charge on any atom is 0.256 e. The molecule has 2 aliphatic rings. The Labute approximate surface area is 190 Å². The molecule has 2 aliphatic heterocycles. The molecule has 2 aromatic carbocycles. The first-order valence-corrected chi connectivity index (χ1v) is 11.5. The Bertz CT molecular complexity index is 932. The number of fused-ring (bicyclic) bond motifs is 1. The zero-order valence-corrected chi connectivity index (χ0v) is 18.8. The molecular weight excluding hydrogens is 404 g/mol. The first-order chi connectivity index (χ1) is 15.6. The number of carbonyl (C=O) groups excluding carboxylic acids is 2. The van der Waals surface area contributed by atoms with Crippen molar-refractivity contribution in [2.45, 2.75) is 37.7 Å². The van der Waals surface area contributed by atoms with E-state index < -0.39 is 5.60 Å². The van der Waals surface area contributed by atoms with Gasteiger partial charge in [0, 0.05) is 13.6 Å². The van der Waals surface area contributed by atoms with Crippen molar-refractivity contribution in [1.82, 2.24) is 9.80 Å². The van der Waals surface area contributed by atoms with E-state index in [9.17, 15) is 9.59 Å². The molecule has 2 heterocycles. The predicted molar refractivity (Wildman–Crippen MR) is 123 cm³/mol. The lowest BCUT2D eigenvalue weighted by atomic mass is 9.91. The quantitative estimate of drug-likeness (QED) is 0.726. The van der Waals surface area contributed by atoms with Crippen molar-refractivity contribution in [3.05, 3.63) is 65.7 Å². The van der Waals surface area contributed by atoms with Crippen LogP contribution in [-0.2, 0) is 27.2 Å². The number of aryl methyl sites for hydroxylation is 1. The van der Waals surface area contributed by atoms with E-state index in [1.54, 1.807) is 16.8 Å². The molecule has 0 bridgehead atoms. The number of rotatable bonds is 2. The van der Waals surface area contributed by atoms with E-state index in [0.29, 0.717) is 45.7 Å². The highest BCUT2D eigenvalue weighted by Gasteiger charge is 2.45. The van der Waals surface area contributed by atoms with Crippen LogP contribution in [0.15, 0.2) is 54.6 Å². The zero-order chi connectivity index (χ0) is 22.4. The third-order valence-corrected chi connectivity index (χ3v) is 6.41. The first-order valence-electron chi connectivity index (χ1n) is 11.5. The molecule has 0 saturated carbocycles. The van der Waals surface area contributed by atoms with Gasteiger partial charge >= 0.3 is 0 Å². The summed E-state index contributed by atoms with van der Waals surface area (Å²) in [5.74, 6) is 0.875. The minimum absolute atomic E-state index is 0.0395. The Balaban J connectivity index is 1.49. The SMILES string of the molecule is CN1CCOc2ccccc2CCCCC2(CN(C(=O)Cc3ccccc3)CCO2)C1=O. The van der Waals surface area contributed by atoms with Crippen LogP contribution >= 0.6 is 0 Å². The predicted octanol–water partition coefficient (Wildman–Crippen LogP) is 3.09. The molecule has 170 valence electrons. The monoisotopic (exact) mass is 436 g/mol. The van der Waals surface area contributed by atoms with Crippen molar-refractivity contribution in [3.63, 3.8) is 0 Å². The van der Waals surface area contributed by atoms with Crippen LogP contribution in [0.25, 0.3) is 0 Å². The van der Waals surface area contributed by atoms with Gasteiger partial charge in [-0.3, -0.25) is 9.59 Å². The van der Waals surface area contributed by atoms with Gasteiger partial charge in [0.25, 0.3) is 5.91 Å². The Morgan fingerprint density at radius 2 is 1.78 bits per heavy atom. The summed E-state index contributed by atoms with van der Waals surface area (Å²) in [7, 11) is 1.79. The van der Waals surface area contributed by atoms with E-state index in [4.69, 9.17) is 9.47 Å². The molecule has 1 atom stereocenters. The maximum atomic E-state index is 13.5. The minimum atomic E-state index is -0.988. The summed E-state index contributed by atoms with van der Waals surface area (Å²) in [6, 6.07) is 17.8. The highest BCUT2D eigenvalue weighted by atomic mass is 16.5. The summed E-state index contributed by atoms with van der Waals surface area (Å²) < 4.78 is 12.1. The van der Waals surface area contributed by atoms with Gasteiger partial charge in [0.15, 0.2) is 5.60 Å². The van der Waals surface area contributed by atoms with Crippen LogP contribution < -0.4 is 4.74 Å². The lowest BCUT2D eigenvalue weighted by Crippen LogP contribution is -2.61. The fourth-order valence-electron chi connectivity index (χ4n) is 4.59. The molecule has 1 saturated heterocycles. The molecule has 2 amide bonds. The third kappa shape index (κ3) is 5.13. The number of hydrogen-bond acceptors (Lipinski definition) is 4. The van der Waals surface area contributed by atoms with Crippen LogP contribution in [0.3, 0.4) is 0 Å². The summed E-state index contributed by atoms with van der Waals surface area (Å²) >= 11 is 0. The van der Waals surface area contributed by atoms with Gasteiger partial charge in [0.05, 0.1) is 26.1 Å². The topological polar surface area (TPSA) is 59.1 Å². The van der Waals surface area contributed by atoms with Crippen LogP contribution in [0.1, 0.15) is 30.4 Å². The average Bonchev–Trinajstić information content (AvgIpc) is 2.82. The van der Waals surface area contributed by atoms with E-state index in [-0.39, 0.29) is 11.8 Å². The largest absolute Gasteiger partial charge is 0.491 e. The third-order valence-electron chi connectivity index (χ3n) is 6.41. The summed E-state index contributed by atoms with van der Waals surface area (Å²) in [6.07, 6.45) is 3.61. The second kappa shape index (κ2) is 10.2. The molecule has 1 fully saturated rings. The normalized spacial score (nSPS) is 22.5. The lowest BCUT2D eigenvalue weighted by Gasteiger charge is -2.43. The van der Waals surface area contributed by atoms with Gasteiger partial charge in [-0.2, -0.15) is 0 Å². The molecule has 0 aromatic heterocycles. The molecule has 2 aromatic rings. The second-order valence-electron chi connectivity index (χ2n) is 8.71. The van der Waals surface area contributed by atoms with E-state index in [1.165, 1.54) is 5.56 Å². The van der Waals surface area contributed by atoms with Gasteiger partial charge in [-0.05, 0) is 42.9 Å². The van der Waals surface area contributed by atoms with Crippen LogP contribution in [0.5, 0.6) is 5.75 Å². The van der Waals surface area contributed by atoms with Gasteiger partial charge in [0.2, 0.25) is 5.91 Å². The molecular formula is C26H32N2O4. The number of para-hydroxylation sites is 1. The van der Waals surface area contributed by atoms with Crippen LogP contribution in [-0.4, -0.2) is 67.1 Å². The number of carbonyl (C=O) groups is 2. The smallest absolute Gasteiger partial charge is 0.256 e. The molecule has 0 radical (unpaired) electrons. The van der Waals surface area contributed by atoms with Gasteiger partial charge in [-0.15, -0.1) is 0 Å². The molecule has 1 spiro atoms. The number of ether oxygens (including phenoxy) is 2. The fraction of sp³-hybridized carbons (Fsp3) is 0.462. The Morgan fingerprint density at radius 3 is 2.62 bits per heavy atom. The fourth-order valence-corrected chi connectivity index (χ4v) is 4.59. The lowest BCUT2D eigenvalue weighted by molar-refractivity contribution is -0.175. The van der Waals surface area contributed by atoms with Gasteiger partial charge in [0.1, 0.15) is 12.4 Å². The minimum Gasteiger partial charge on any atom is -0.491 e. The van der Waals surface area contributed by atoms with Crippen molar-refractivity contribution in [1.29, 1.82) is 0 Å². The molecule has 1 unspecified atom stereocenters. The number of amides is 2. The number of hydrogen-bond donors (Lipinski definition) is 0. The molecule has 0 N–H and O–H groups in total. The van der Waals surface area contributed by atoms with Crippen molar-refractivity contribution in [3.8, 4) is 5.75 Å². The Kier molecular flexibility index (Phi) is 7.10. The Morgan fingerprint density at radius 1 is 1.00 bits per heavy atom. The van der Waals surface area contributed by atoms with Crippen LogP contribution in [0, 0.1) is 0 Å². The molecule has 32 heavy (non-hydrogen) atoms.